The lowest BCUT2D eigenvalue weighted by molar-refractivity contribution is -0.138. The van der Waals surface area contributed by atoms with Crippen molar-refractivity contribution in [3.8, 4) is 0 Å². The van der Waals surface area contributed by atoms with Gasteiger partial charge in [-0.1, -0.05) is 13.8 Å². The van der Waals surface area contributed by atoms with Crippen LogP contribution in [0.3, 0.4) is 0 Å². The molecule has 2 fully saturated rings. The lowest BCUT2D eigenvalue weighted by Gasteiger charge is -2.40. The summed E-state index contributed by atoms with van der Waals surface area (Å²) in [5, 5.41) is 2.90. The van der Waals surface area contributed by atoms with Gasteiger partial charge in [-0.15, -0.1) is 0 Å². The van der Waals surface area contributed by atoms with Crippen LogP contribution >= 0.6 is 0 Å². The first-order chi connectivity index (χ1) is 13.0. The molecule has 27 heavy (non-hydrogen) atoms. The van der Waals surface area contributed by atoms with E-state index in [-0.39, 0.29) is 23.9 Å². The summed E-state index contributed by atoms with van der Waals surface area (Å²) < 4.78 is 4.99. The molecule has 1 unspecified atom stereocenters. The van der Waals surface area contributed by atoms with Crippen LogP contribution in [0, 0.1) is 5.92 Å². The summed E-state index contributed by atoms with van der Waals surface area (Å²) in [6.07, 6.45) is 5.52. The van der Waals surface area contributed by atoms with Crippen LogP contribution in [0.25, 0.3) is 0 Å². The van der Waals surface area contributed by atoms with Gasteiger partial charge in [-0.25, -0.2) is 4.79 Å². The van der Waals surface area contributed by atoms with Gasteiger partial charge < -0.3 is 24.8 Å². The molecule has 156 valence electrons. The Morgan fingerprint density at radius 2 is 1.93 bits per heavy atom. The number of likely N-dealkylation sites (tertiary alicyclic amines) is 2. The van der Waals surface area contributed by atoms with Gasteiger partial charge in [-0.3, -0.25) is 4.79 Å². The molecule has 2 rings (SSSR count). The number of methoxy groups -OCH3 is 1. The molecule has 2 aliphatic rings. The molecule has 7 heteroatoms. The van der Waals surface area contributed by atoms with E-state index in [1.165, 1.54) is 25.9 Å². The zero-order valence-electron chi connectivity index (χ0n) is 17.4. The first-order valence-corrected chi connectivity index (χ1v) is 10.6. The highest BCUT2D eigenvalue weighted by Crippen LogP contribution is 2.19. The van der Waals surface area contributed by atoms with Crippen LogP contribution in [0.1, 0.15) is 46.0 Å². The molecular weight excluding hydrogens is 344 g/mol. The number of rotatable bonds is 9. The number of hydrogen-bond donors (Lipinski definition) is 1. The van der Waals surface area contributed by atoms with E-state index in [2.05, 4.69) is 15.1 Å². The topological polar surface area (TPSA) is 65.1 Å². The molecule has 1 N–H and O–H groups in total. The molecule has 7 nitrogen and oxygen atoms in total. The molecule has 0 bridgehead atoms. The Balaban J connectivity index is 1.89. The average molecular weight is 383 g/mol. The van der Waals surface area contributed by atoms with Gasteiger partial charge in [0, 0.05) is 45.2 Å². The molecule has 0 aromatic heterocycles. The van der Waals surface area contributed by atoms with Crippen LogP contribution in [-0.4, -0.2) is 92.2 Å². The molecule has 0 saturated carbocycles. The predicted octanol–water partition coefficient (Wildman–Crippen LogP) is 1.78. The van der Waals surface area contributed by atoms with E-state index >= 15 is 0 Å². The first kappa shape index (κ1) is 22.0. The number of carbonyl (C=O) groups excluding carboxylic acids is 2. The van der Waals surface area contributed by atoms with Crippen molar-refractivity contribution in [1.82, 2.24) is 20.0 Å². The Hall–Kier alpha value is -1.34. The van der Waals surface area contributed by atoms with Crippen molar-refractivity contribution in [2.24, 2.45) is 5.92 Å². The van der Waals surface area contributed by atoms with Crippen molar-refractivity contribution in [1.29, 1.82) is 0 Å². The molecule has 0 radical (unpaired) electrons. The van der Waals surface area contributed by atoms with Gasteiger partial charge in [-0.05, 0) is 51.7 Å². The van der Waals surface area contributed by atoms with Gasteiger partial charge >= 0.3 is 6.03 Å². The minimum atomic E-state index is -0.0502. The van der Waals surface area contributed by atoms with E-state index in [9.17, 15) is 9.59 Å². The summed E-state index contributed by atoms with van der Waals surface area (Å²) in [6, 6.07) is 0.0752. The van der Waals surface area contributed by atoms with Gasteiger partial charge in [0.15, 0.2) is 0 Å². The second-order valence-corrected chi connectivity index (χ2v) is 8.06. The van der Waals surface area contributed by atoms with Crippen LogP contribution in [0.15, 0.2) is 0 Å². The maximum atomic E-state index is 12.8. The summed E-state index contributed by atoms with van der Waals surface area (Å²) in [5.74, 6) is 0.200. The summed E-state index contributed by atoms with van der Waals surface area (Å²) in [4.78, 5) is 31.6. The van der Waals surface area contributed by atoms with Gasteiger partial charge in [0.25, 0.3) is 0 Å². The second-order valence-electron chi connectivity index (χ2n) is 8.06. The fourth-order valence-corrected chi connectivity index (χ4v) is 4.04. The Kier molecular flexibility index (Phi) is 9.34. The number of nitrogens with one attached hydrogen (secondary N) is 1. The lowest BCUT2D eigenvalue weighted by Crippen LogP contribution is -2.55. The van der Waals surface area contributed by atoms with Gasteiger partial charge in [-0.2, -0.15) is 0 Å². The number of nitrogens with zero attached hydrogens (tertiary/aromatic N) is 3. The standard InChI is InChI=1S/C20H38N4O3/c1-17(2)19(25)24(14-7-12-22-10-4-5-11-22)18-8-6-13-23(16-18)20(26)21-9-15-27-3/h17-18H,4-16H2,1-3H3,(H,21,26). The van der Waals surface area contributed by atoms with E-state index < -0.39 is 0 Å². The van der Waals surface area contributed by atoms with Crippen molar-refractivity contribution < 1.29 is 14.3 Å². The van der Waals surface area contributed by atoms with Gasteiger partial charge in [0.1, 0.15) is 0 Å². The maximum Gasteiger partial charge on any atom is 0.317 e. The molecule has 2 aliphatic heterocycles. The molecule has 0 spiro atoms. The molecule has 2 heterocycles. The molecule has 2 saturated heterocycles. The molecule has 0 aliphatic carbocycles. The monoisotopic (exact) mass is 382 g/mol. The van der Waals surface area contributed by atoms with E-state index in [4.69, 9.17) is 4.74 Å². The number of amides is 3. The van der Waals surface area contributed by atoms with Crippen LogP contribution in [0.2, 0.25) is 0 Å². The highest BCUT2D eigenvalue weighted by Gasteiger charge is 2.31. The van der Waals surface area contributed by atoms with Crippen LogP contribution in [0.4, 0.5) is 4.79 Å². The molecular formula is C20H38N4O3. The molecule has 0 aromatic carbocycles. The minimum Gasteiger partial charge on any atom is -0.383 e. The Bertz CT molecular complexity index is 466. The first-order valence-electron chi connectivity index (χ1n) is 10.6. The van der Waals surface area contributed by atoms with Crippen molar-refractivity contribution in [3.05, 3.63) is 0 Å². The van der Waals surface area contributed by atoms with Gasteiger partial charge in [0.05, 0.1) is 6.61 Å². The van der Waals surface area contributed by atoms with E-state index in [1.807, 2.05) is 18.7 Å². The summed E-state index contributed by atoms with van der Waals surface area (Å²) in [7, 11) is 1.63. The van der Waals surface area contributed by atoms with Crippen LogP contribution in [0.5, 0.6) is 0 Å². The summed E-state index contributed by atoms with van der Waals surface area (Å²) >= 11 is 0. The zero-order valence-corrected chi connectivity index (χ0v) is 17.4. The molecule has 3 amide bonds. The molecule has 0 aromatic rings. The Morgan fingerprint density at radius 1 is 1.19 bits per heavy atom. The highest BCUT2D eigenvalue weighted by atomic mass is 16.5. The SMILES string of the molecule is COCCNC(=O)N1CCCC(N(CCCN2CCCC2)C(=O)C(C)C)C1. The second kappa shape index (κ2) is 11.5. The highest BCUT2D eigenvalue weighted by molar-refractivity contribution is 5.79. The summed E-state index contributed by atoms with van der Waals surface area (Å²) in [5.41, 5.74) is 0. The fourth-order valence-electron chi connectivity index (χ4n) is 4.04. The maximum absolute atomic E-state index is 12.8. The zero-order chi connectivity index (χ0) is 19.6. The van der Waals surface area contributed by atoms with Crippen molar-refractivity contribution in [2.45, 2.75) is 52.0 Å². The minimum absolute atomic E-state index is 0.0114. The third kappa shape index (κ3) is 6.96. The Morgan fingerprint density at radius 3 is 2.59 bits per heavy atom. The third-order valence-electron chi connectivity index (χ3n) is 5.56. The Labute approximate surface area is 164 Å². The largest absolute Gasteiger partial charge is 0.383 e. The number of hydrogen-bond acceptors (Lipinski definition) is 4. The third-order valence-corrected chi connectivity index (χ3v) is 5.56. The number of piperidine rings is 1. The lowest BCUT2D eigenvalue weighted by atomic mass is 10.0. The fraction of sp³-hybridized carbons (Fsp3) is 0.900. The van der Waals surface area contributed by atoms with Crippen molar-refractivity contribution in [3.63, 3.8) is 0 Å². The summed E-state index contributed by atoms with van der Waals surface area (Å²) in [6.45, 7) is 10.6. The molecule has 1 atom stereocenters. The van der Waals surface area contributed by atoms with Crippen molar-refractivity contribution in [2.75, 3.05) is 59.5 Å². The smallest absolute Gasteiger partial charge is 0.317 e. The van der Waals surface area contributed by atoms with Crippen molar-refractivity contribution >= 4 is 11.9 Å². The van der Waals surface area contributed by atoms with Gasteiger partial charge in [0.2, 0.25) is 5.91 Å². The van der Waals surface area contributed by atoms with Crippen LogP contribution < -0.4 is 5.32 Å². The van der Waals surface area contributed by atoms with Crippen LogP contribution in [-0.2, 0) is 9.53 Å². The number of ether oxygens (including phenoxy) is 1. The normalized spacial score (nSPS) is 20.9. The number of carbonyl (C=O) groups is 2. The predicted molar refractivity (Wildman–Crippen MR) is 107 cm³/mol. The quantitative estimate of drug-likeness (QED) is 0.618. The van der Waals surface area contributed by atoms with E-state index in [1.54, 1.807) is 7.11 Å². The van der Waals surface area contributed by atoms with E-state index in [0.29, 0.717) is 19.7 Å². The number of urea groups is 1. The van der Waals surface area contributed by atoms with E-state index in [0.717, 1.165) is 38.9 Å². The average Bonchev–Trinajstić information content (AvgIpc) is 3.18.